The maximum Gasteiger partial charge on any atom is 0.266 e. The van der Waals surface area contributed by atoms with Crippen molar-refractivity contribution in [1.82, 2.24) is 4.90 Å². The molecule has 1 aliphatic rings. The maximum atomic E-state index is 12.2. The van der Waals surface area contributed by atoms with E-state index in [9.17, 15) is 4.79 Å². The number of ether oxygens (including phenoxy) is 1. The lowest BCUT2D eigenvalue weighted by Crippen LogP contribution is -2.27. The van der Waals surface area contributed by atoms with E-state index in [1.54, 1.807) is 11.0 Å². The number of hydrogen-bond donors (Lipinski definition) is 0. The van der Waals surface area contributed by atoms with Crippen molar-refractivity contribution < 1.29 is 13.9 Å². The number of likely N-dealkylation sites (N-methyl/N-ethyl adjacent to an activating group) is 1. The summed E-state index contributed by atoms with van der Waals surface area (Å²) in [5.74, 6) is 1.99. The molecule has 0 saturated carbocycles. The lowest BCUT2D eigenvalue weighted by Gasteiger charge is -2.09. The van der Waals surface area contributed by atoms with Crippen molar-refractivity contribution in [2.45, 2.75) is 13.5 Å². The fraction of sp³-hybridized carbons (Fsp3) is 0.176. The summed E-state index contributed by atoms with van der Waals surface area (Å²) in [5, 5.41) is 0. The molecule has 2 aromatic rings. The first-order chi connectivity index (χ1) is 11.6. The monoisotopic (exact) mass is 423 g/mol. The first kappa shape index (κ1) is 17.3. The third-order valence-electron chi connectivity index (χ3n) is 3.34. The Kier molecular flexibility index (Phi) is 5.43. The molecule has 7 heteroatoms. The Morgan fingerprint density at radius 2 is 2.04 bits per heavy atom. The number of rotatable bonds is 5. The van der Waals surface area contributed by atoms with Crippen molar-refractivity contribution in [2.75, 3.05) is 6.54 Å². The molecule has 24 heavy (non-hydrogen) atoms. The van der Waals surface area contributed by atoms with Gasteiger partial charge in [0, 0.05) is 17.1 Å². The summed E-state index contributed by atoms with van der Waals surface area (Å²) in [6.07, 6.45) is 1.72. The molecule has 4 nitrogen and oxygen atoms in total. The highest BCUT2D eigenvalue weighted by molar-refractivity contribution is 9.10. The first-order valence-electron chi connectivity index (χ1n) is 7.29. The van der Waals surface area contributed by atoms with E-state index >= 15 is 0 Å². The van der Waals surface area contributed by atoms with E-state index in [0.29, 0.717) is 33.9 Å². The van der Waals surface area contributed by atoms with Crippen LogP contribution in [-0.2, 0) is 11.4 Å². The van der Waals surface area contributed by atoms with E-state index in [0.717, 1.165) is 10.2 Å². The van der Waals surface area contributed by atoms with Crippen LogP contribution in [0.2, 0.25) is 0 Å². The number of nitrogens with zero attached hydrogens (tertiary/aromatic N) is 1. The fourth-order valence-electron chi connectivity index (χ4n) is 2.14. The zero-order chi connectivity index (χ0) is 17.1. The smallest absolute Gasteiger partial charge is 0.266 e. The van der Waals surface area contributed by atoms with Crippen LogP contribution in [0.3, 0.4) is 0 Å². The third-order valence-corrected chi connectivity index (χ3v) is 5.25. The average Bonchev–Trinajstić information content (AvgIpc) is 3.12. The average molecular weight is 424 g/mol. The van der Waals surface area contributed by atoms with E-state index < -0.39 is 0 Å². The number of hydrogen-bond acceptors (Lipinski definition) is 5. The summed E-state index contributed by atoms with van der Waals surface area (Å²) in [6.45, 7) is 2.80. The molecule has 0 unspecified atom stereocenters. The number of thioether (sulfide) groups is 1. The van der Waals surface area contributed by atoms with E-state index in [1.807, 2.05) is 43.3 Å². The predicted octanol–water partition coefficient (Wildman–Crippen LogP) is 4.84. The maximum absolute atomic E-state index is 12.2. The van der Waals surface area contributed by atoms with Crippen LogP contribution < -0.4 is 4.74 Å². The van der Waals surface area contributed by atoms with E-state index in [-0.39, 0.29) is 5.91 Å². The Morgan fingerprint density at radius 1 is 1.29 bits per heavy atom. The van der Waals surface area contributed by atoms with Gasteiger partial charge < -0.3 is 9.15 Å². The van der Waals surface area contributed by atoms with Crippen molar-refractivity contribution in [1.29, 1.82) is 0 Å². The Labute approximate surface area is 158 Å². The quantitative estimate of drug-likeness (QED) is 0.508. The number of thiocarbonyl (C=S) groups is 1. The van der Waals surface area contributed by atoms with Gasteiger partial charge in [-0.25, -0.2) is 0 Å². The highest BCUT2D eigenvalue weighted by Crippen LogP contribution is 2.32. The molecule has 1 amide bonds. The molecule has 0 atom stereocenters. The molecule has 1 saturated heterocycles. The highest BCUT2D eigenvalue weighted by atomic mass is 79.9. The van der Waals surface area contributed by atoms with Gasteiger partial charge >= 0.3 is 0 Å². The normalized spacial score (nSPS) is 16.2. The van der Waals surface area contributed by atoms with E-state index in [4.69, 9.17) is 21.4 Å². The van der Waals surface area contributed by atoms with Crippen molar-refractivity contribution in [3.63, 3.8) is 0 Å². The van der Waals surface area contributed by atoms with Gasteiger partial charge in [0.05, 0.1) is 4.91 Å². The molecule has 124 valence electrons. The summed E-state index contributed by atoms with van der Waals surface area (Å²) in [7, 11) is 0. The van der Waals surface area contributed by atoms with E-state index in [2.05, 4.69) is 15.9 Å². The van der Waals surface area contributed by atoms with Crippen molar-refractivity contribution in [3.8, 4) is 5.75 Å². The fourth-order valence-corrected chi connectivity index (χ4v) is 3.77. The van der Waals surface area contributed by atoms with Crippen LogP contribution in [0.5, 0.6) is 5.75 Å². The van der Waals surface area contributed by atoms with Gasteiger partial charge in [0.15, 0.2) is 0 Å². The minimum atomic E-state index is -0.0726. The Hall–Kier alpha value is -1.57. The number of benzene rings is 1. The molecular weight excluding hydrogens is 410 g/mol. The van der Waals surface area contributed by atoms with Gasteiger partial charge in [-0.05, 0) is 43.3 Å². The van der Waals surface area contributed by atoms with Gasteiger partial charge in [0.1, 0.15) is 28.2 Å². The molecule has 2 heterocycles. The Morgan fingerprint density at radius 3 is 2.71 bits per heavy atom. The topological polar surface area (TPSA) is 42.7 Å². The molecule has 1 aromatic heterocycles. The van der Waals surface area contributed by atoms with Crippen LogP contribution >= 0.6 is 39.9 Å². The highest BCUT2D eigenvalue weighted by Gasteiger charge is 2.30. The van der Waals surface area contributed by atoms with Gasteiger partial charge in [-0.3, -0.25) is 9.69 Å². The molecule has 0 radical (unpaired) electrons. The second-order valence-corrected chi connectivity index (χ2v) is 7.56. The largest absolute Gasteiger partial charge is 0.486 e. The molecule has 0 N–H and O–H groups in total. The van der Waals surface area contributed by atoms with Crippen LogP contribution in [0.25, 0.3) is 6.08 Å². The molecule has 1 aromatic carbocycles. The van der Waals surface area contributed by atoms with Gasteiger partial charge in [0.2, 0.25) is 0 Å². The summed E-state index contributed by atoms with van der Waals surface area (Å²) in [4.78, 5) is 14.3. The molecule has 1 fully saturated rings. The number of amides is 1. The molecule has 3 rings (SSSR count). The predicted molar refractivity (Wildman–Crippen MR) is 103 cm³/mol. The number of halogens is 1. The number of furan rings is 1. The van der Waals surface area contributed by atoms with E-state index in [1.165, 1.54) is 11.8 Å². The SMILES string of the molecule is CCN1C(=O)C(=Cc2ccc(COc3ccc(Br)cc3)o2)SC1=S. The molecular formula is C17H14BrNO3S2. The zero-order valence-electron chi connectivity index (χ0n) is 12.8. The summed E-state index contributed by atoms with van der Waals surface area (Å²) < 4.78 is 13.0. The minimum absolute atomic E-state index is 0.0726. The summed E-state index contributed by atoms with van der Waals surface area (Å²) in [6, 6.07) is 11.2. The third kappa shape index (κ3) is 3.91. The van der Waals surface area contributed by atoms with Gasteiger partial charge in [0.25, 0.3) is 5.91 Å². The van der Waals surface area contributed by atoms with Crippen molar-refractivity contribution in [2.24, 2.45) is 0 Å². The molecule has 0 bridgehead atoms. The zero-order valence-corrected chi connectivity index (χ0v) is 16.0. The van der Waals surface area contributed by atoms with Crippen LogP contribution in [0, 0.1) is 0 Å². The van der Waals surface area contributed by atoms with Gasteiger partial charge in [-0.1, -0.05) is 39.9 Å². The second-order valence-electron chi connectivity index (χ2n) is 4.97. The standard InChI is InChI=1S/C17H14BrNO3S2/c1-2-19-16(20)15(24-17(19)23)9-13-7-8-14(22-13)10-21-12-5-3-11(18)4-6-12/h3-9H,2,10H2,1H3. The van der Waals surface area contributed by atoms with Crippen molar-refractivity contribution >= 4 is 56.2 Å². The van der Waals surface area contributed by atoms with Crippen LogP contribution in [0.4, 0.5) is 0 Å². The van der Waals surface area contributed by atoms with Crippen LogP contribution in [0.15, 0.2) is 50.2 Å². The lowest BCUT2D eigenvalue weighted by molar-refractivity contribution is -0.121. The Balaban J connectivity index is 1.65. The lowest BCUT2D eigenvalue weighted by atomic mass is 10.3. The summed E-state index contributed by atoms with van der Waals surface area (Å²) >= 11 is 9.87. The van der Waals surface area contributed by atoms with Gasteiger partial charge in [-0.2, -0.15) is 0 Å². The number of carbonyl (C=O) groups is 1. The summed E-state index contributed by atoms with van der Waals surface area (Å²) in [5.41, 5.74) is 0. The van der Waals surface area contributed by atoms with Crippen molar-refractivity contribution in [3.05, 3.63) is 57.3 Å². The molecule has 0 aliphatic carbocycles. The second kappa shape index (κ2) is 7.55. The minimum Gasteiger partial charge on any atom is -0.486 e. The van der Waals surface area contributed by atoms with Gasteiger partial charge in [-0.15, -0.1) is 0 Å². The van der Waals surface area contributed by atoms with Crippen LogP contribution in [-0.4, -0.2) is 21.7 Å². The molecule has 0 spiro atoms. The molecule has 1 aliphatic heterocycles. The van der Waals surface area contributed by atoms with Crippen LogP contribution in [0.1, 0.15) is 18.4 Å². The first-order valence-corrected chi connectivity index (χ1v) is 9.31. The number of carbonyl (C=O) groups excluding carboxylic acids is 1. The Bertz CT molecular complexity index is 798.